The summed E-state index contributed by atoms with van der Waals surface area (Å²) in [6.07, 6.45) is 4.16. The van der Waals surface area contributed by atoms with Crippen LogP contribution < -0.4 is 5.32 Å². The maximum atomic E-state index is 11.2. The van der Waals surface area contributed by atoms with Crippen molar-refractivity contribution in [1.82, 2.24) is 5.32 Å². The molecule has 13 heavy (non-hydrogen) atoms. The molecule has 2 aliphatic carbocycles. The van der Waals surface area contributed by atoms with Gasteiger partial charge in [-0.1, -0.05) is 15.9 Å². The fourth-order valence-corrected chi connectivity index (χ4v) is 2.55. The molecule has 0 spiro atoms. The van der Waals surface area contributed by atoms with Crippen molar-refractivity contribution in [2.24, 2.45) is 17.8 Å². The van der Waals surface area contributed by atoms with E-state index in [2.05, 4.69) is 21.2 Å². The zero-order valence-corrected chi connectivity index (χ0v) is 9.51. The lowest BCUT2D eigenvalue weighted by atomic mass is 10.0. The Morgan fingerprint density at radius 3 is 2.62 bits per heavy atom. The van der Waals surface area contributed by atoms with Gasteiger partial charge < -0.3 is 5.32 Å². The number of fused-ring (bicyclic) bond motifs is 1. The lowest BCUT2D eigenvalue weighted by molar-refractivity contribution is -0.120. The lowest BCUT2D eigenvalue weighted by Gasteiger charge is -2.13. The van der Waals surface area contributed by atoms with Crippen molar-refractivity contribution >= 4 is 21.8 Å². The van der Waals surface area contributed by atoms with Gasteiger partial charge in [0.15, 0.2) is 0 Å². The maximum Gasteiger partial charge on any atom is 0.233 e. The Kier molecular flexibility index (Phi) is 2.63. The van der Waals surface area contributed by atoms with Gasteiger partial charge >= 0.3 is 0 Å². The van der Waals surface area contributed by atoms with E-state index >= 15 is 0 Å². The van der Waals surface area contributed by atoms with Crippen LogP contribution in [-0.4, -0.2) is 17.3 Å². The standard InChI is InChI=1S/C10H16BrNO/c1-6(11)10(13)12-5-7-2-8-4-9(8)3-7/h6-9H,2-5H2,1H3,(H,12,13). The van der Waals surface area contributed by atoms with Gasteiger partial charge in [-0.15, -0.1) is 0 Å². The highest BCUT2D eigenvalue weighted by molar-refractivity contribution is 9.10. The van der Waals surface area contributed by atoms with Gasteiger partial charge in [0.25, 0.3) is 0 Å². The van der Waals surface area contributed by atoms with Gasteiger partial charge in [0.2, 0.25) is 5.91 Å². The van der Waals surface area contributed by atoms with Gasteiger partial charge in [-0.05, 0) is 43.9 Å². The van der Waals surface area contributed by atoms with Gasteiger partial charge in [-0.25, -0.2) is 0 Å². The van der Waals surface area contributed by atoms with Crippen molar-refractivity contribution in [2.75, 3.05) is 6.54 Å². The molecule has 0 aromatic heterocycles. The van der Waals surface area contributed by atoms with Crippen LogP contribution in [-0.2, 0) is 4.79 Å². The molecule has 3 heteroatoms. The quantitative estimate of drug-likeness (QED) is 0.757. The summed E-state index contributed by atoms with van der Waals surface area (Å²) in [7, 11) is 0. The Balaban J connectivity index is 1.65. The summed E-state index contributed by atoms with van der Waals surface area (Å²) in [5.41, 5.74) is 0. The van der Waals surface area contributed by atoms with E-state index < -0.39 is 0 Å². The van der Waals surface area contributed by atoms with Crippen LogP contribution in [0.2, 0.25) is 0 Å². The van der Waals surface area contributed by atoms with Crippen molar-refractivity contribution in [3.63, 3.8) is 0 Å². The van der Waals surface area contributed by atoms with E-state index in [1.165, 1.54) is 19.3 Å². The van der Waals surface area contributed by atoms with Gasteiger partial charge in [-0.3, -0.25) is 4.79 Å². The molecule has 0 bridgehead atoms. The highest BCUT2D eigenvalue weighted by atomic mass is 79.9. The molecule has 0 heterocycles. The van der Waals surface area contributed by atoms with Crippen LogP contribution in [0.4, 0.5) is 0 Å². The van der Waals surface area contributed by atoms with Gasteiger partial charge in [0.05, 0.1) is 4.83 Å². The molecule has 0 aromatic carbocycles. The molecule has 0 radical (unpaired) electrons. The maximum absolute atomic E-state index is 11.2. The van der Waals surface area contributed by atoms with E-state index in [0.29, 0.717) is 0 Å². The second-order valence-electron chi connectivity index (χ2n) is 4.45. The number of hydrogen-bond acceptors (Lipinski definition) is 1. The van der Waals surface area contributed by atoms with Gasteiger partial charge in [-0.2, -0.15) is 0 Å². The summed E-state index contributed by atoms with van der Waals surface area (Å²) in [6, 6.07) is 0. The Labute approximate surface area is 87.6 Å². The smallest absolute Gasteiger partial charge is 0.233 e. The van der Waals surface area contributed by atoms with Crippen LogP contribution in [0.25, 0.3) is 0 Å². The normalized spacial score (nSPS) is 38.2. The molecule has 0 aromatic rings. The SMILES string of the molecule is CC(Br)C(=O)NCC1CC2CC2C1. The van der Waals surface area contributed by atoms with E-state index in [1.807, 2.05) is 6.92 Å². The topological polar surface area (TPSA) is 29.1 Å². The second kappa shape index (κ2) is 3.60. The molecule has 0 aliphatic heterocycles. The number of rotatable bonds is 3. The van der Waals surface area contributed by atoms with E-state index in [4.69, 9.17) is 0 Å². The molecule has 2 aliphatic rings. The molecular weight excluding hydrogens is 230 g/mol. The summed E-state index contributed by atoms with van der Waals surface area (Å²) >= 11 is 3.26. The minimum absolute atomic E-state index is 0.0524. The number of alkyl halides is 1. The third kappa shape index (κ3) is 2.25. The van der Waals surface area contributed by atoms with E-state index in [1.54, 1.807) is 0 Å². The van der Waals surface area contributed by atoms with Crippen molar-refractivity contribution in [3.8, 4) is 0 Å². The highest BCUT2D eigenvalue weighted by Gasteiger charge is 2.45. The van der Waals surface area contributed by atoms with E-state index in [0.717, 1.165) is 24.3 Å². The Hall–Kier alpha value is -0.0500. The minimum Gasteiger partial charge on any atom is -0.355 e. The number of carbonyl (C=O) groups excluding carboxylic acids is 1. The second-order valence-corrected chi connectivity index (χ2v) is 5.83. The average molecular weight is 246 g/mol. The van der Waals surface area contributed by atoms with Crippen LogP contribution >= 0.6 is 15.9 Å². The summed E-state index contributed by atoms with van der Waals surface area (Å²) in [6.45, 7) is 2.75. The molecule has 2 nitrogen and oxygen atoms in total. The first kappa shape index (κ1) is 9.50. The molecule has 2 saturated carbocycles. The van der Waals surface area contributed by atoms with Crippen molar-refractivity contribution in [1.29, 1.82) is 0 Å². The van der Waals surface area contributed by atoms with Crippen LogP contribution in [0.15, 0.2) is 0 Å². The van der Waals surface area contributed by atoms with E-state index in [-0.39, 0.29) is 10.7 Å². The van der Waals surface area contributed by atoms with Gasteiger partial charge in [0.1, 0.15) is 0 Å². The van der Waals surface area contributed by atoms with Crippen LogP contribution in [0.5, 0.6) is 0 Å². The molecule has 3 atom stereocenters. The molecule has 74 valence electrons. The minimum atomic E-state index is -0.0524. The average Bonchev–Trinajstić information content (AvgIpc) is 2.70. The first-order valence-electron chi connectivity index (χ1n) is 5.08. The number of nitrogens with one attached hydrogen (secondary N) is 1. The largest absolute Gasteiger partial charge is 0.355 e. The number of halogens is 1. The Morgan fingerprint density at radius 1 is 1.46 bits per heavy atom. The summed E-state index contributed by atoms with van der Waals surface area (Å²) in [5.74, 6) is 2.92. The van der Waals surface area contributed by atoms with Crippen molar-refractivity contribution < 1.29 is 4.79 Å². The van der Waals surface area contributed by atoms with Crippen LogP contribution in [0.1, 0.15) is 26.2 Å². The first-order chi connectivity index (χ1) is 6.16. The summed E-state index contributed by atoms with van der Waals surface area (Å²) < 4.78 is 0. The third-order valence-electron chi connectivity index (χ3n) is 3.27. The lowest BCUT2D eigenvalue weighted by Crippen LogP contribution is -2.33. The molecule has 2 fully saturated rings. The highest BCUT2D eigenvalue weighted by Crippen LogP contribution is 2.54. The monoisotopic (exact) mass is 245 g/mol. The van der Waals surface area contributed by atoms with Gasteiger partial charge in [0, 0.05) is 6.54 Å². The zero-order valence-electron chi connectivity index (χ0n) is 7.92. The molecule has 0 saturated heterocycles. The molecule has 1 N–H and O–H groups in total. The number of hydrogen-bond donors (Lipinski definition) is 1. The fourth-order valence-electron chi connectivity index (χ4n) is 2.39. The number of amides is 1. The Bertz CT molecular complexity index is 207. The van der Waals surface area contributed by atoms with Crippen molar-refractivity contribution in [2.45, 2.75) is 31.0 Å². The van der Waals surface area contributed by atoms with Crippen LogP contribution in [0, 0.1) is 17.8 Å². The summed E-state index contributed by atoms with van der Waals surface area (Å²) in [4.78, 5) is 11.2. The first-order valence-corrected chi connectivity index (χ1v) is 6.00. The molecule has 2 rings (SSSR count). The van der Waals surface area contributed by atoms with E-state index in [9.17, 15) is 4.79 Å². The summed E-state index contributed by atoms with van der Waals surface area (Å²) in [5, 5.41) is 2.98. The zero-order chi connectivity index (χ0) is 9.42. The molecular formula is C10H16BrNO. The Morgan fingerprint density at radius 2 is 2.08 bits per heavy atom. The van der Waals surface area contributed by atoms with Crippen LogP contribution in [0.3, 0.4) is 0 Å². The molecule has 3 unspecified atom stereocenters. The predicted molar refractivity (Wildman–Crippen MR) is 55.7 cm³/mol. The number of carbonyl (C=O) groups is 1. The van der Waals surface area contributed by atoms with Crippen molar-refractivity contribution in [3.05, 3.63) is 0 Å². The predicted octanol–water partition coefficient (Wildman–Crippen LogP) is 1.93. The third-order valence-corrected chi connectivity index (χ3v) is 3.68. The fraction of sp³-hybridized carbons (Fsp3) is 0.900. The molecule has 1 amide bonds.